The van der Waals surface area contributed by atoms with Crippen LogP contribution >= 0.6 is 24.0 Å². The van der Waals surface area contributed by atoms with E-state index < -0.39 is 0 Å². The Morgan fingerprint density at radius 1 is 1.08 bits per heavy atom. The van der Waals surface area contributed by atoms with Crippen LogP contribution in [0.25, 0.3) is 6.08 Å². The second kappa shape index (κ2) is 7.32. The zero-order chi connectivity index (χ0) is 17.1. The molecule has 1 aliphatic rings. The van der Waals surface area contributed by atoms with Crippen molar-refractivity contribution in [3.63, 3.8) is 0 Å². The van der Waals surface area contributed by atoms with Crippen molar-refractivity contribution in [1.29, 1.82) is 0 Å². The van der Waals surface area contributed by atoms with Crippen LogP contribution in [0.5, 0.6) is 0 Å². The number of thiocarbonyl (C=S) groups is 1. The fourth-order valence-corrected chi connectivity index (χ4v) is 3.79. The molecule has 4 heteroatoms. The molecule has 2 aromatic rings. The summed E-state index contributed by atoms with van der Waals surface area (Å²) in [6.45, 7) is 4.86. The van der Waals surface area contributed by atoms with E-state index in [9.17, 15) is 4.79 Å². The maximum atomic E-state index is 12.6. The maximum absolute atomic E-state index is 12.6. The number of rotatable bonds is 4. The molecule has 0 aliphatic carbocycles. The summed E-state index contributed by atoms with van der Waals surface area (Å²) in [7, 11) is 0. The monoisotopic (exact) mass is 353 g/mol. The van der Waals surface area contributed by atoms with Crippen molar-refractivity contribution in [3.05, 3.63) is 76.2 Å². The topological polar surface area (TPSA) is 20.3 Å². The largest absolute Gasteiger partial charge is 0.288 e. The first kappa shape index (κ1) is 16.9. The lowest BCUT2D eigenvalue weighted by Gasteiger charge is -2.14. The van der Waals surface area contributed by atoms with E-state index in [2.05, 4.69) is 38.1 Å². The molecule has 0 saturated carbocycles. The van der Waals surface area contributed by atoms with Gasteiger partial charge in [0.05, 0.1) is 11.4 Å². The number of thioether (sulfide) groups is 1. The number of nitrogens with zero attached hydrogens (tertiary/aromatic N) is 1. The van der Waals surface area contributed by atoms with Gasteiger partial charge in [0.2, 0.25) is 0 Å². The molecule has 2 nitrogen and oxygen atoms in total. The molecular formula is C20H19NOS2. The van der Waals surface area contributed by atoms with Crippen LogP contribution in [0, 0.1) is 0 Å². The third-order valence-corrected chi connectivity index (χ3v) is 5.34. The number of hydrogen-bond acceptors (Lipinski definition) is 3. The van der Waals surface area contributed by atoms with Crippen molar-refractivity contribution in [2.24, 2.45) is 0 Å². The van der Waals surface area contributed by atoms with Gasteiger partial charge in [0.25, 0.3) is 5.91 Å². The molecule has 2 aromatic carbocycles. The molecule has 0 unspecified atom stereocenters. The van der Waals surface area contributed by atoms with Gasteiger partial charge in [0, 0.05) is 0 Å². The highest BCUT2D eigenvalue weighted by Crippen LogP contribution is 2.33. The number of carbonyl (C=O) groups excluding carboxylic acids is 1. The molecular weight excluding hydrogens is 334 g/mol. The molecule has 1 heterocycles. The molecule has 0 atom stereocenters. The van der Waals surface area contributed by atoms with Gasteiger partial charge in [0.1, 0.15) is 4.32 Å². The maximum Gasteiger partial charge on any atom is 0.266 e. The summed E-state index contributed by atoms with van der Waals surface area (Å²) >= 11 is 6.77. The van der Waals surface area contributed by atoms with Gasteiger partial charge in [-0.15, -0.1) is 0 Å². The smallest absolute Gasteiger partial charge is 0.266 e. The van der Waals surface area contributed by atoms with E-state index in [1.807, 2.05) is 36.4 Å². The van der Waals surface area contributed by atoms with Crippen LogP contribution in [0.15, 0.2) is 59.5 Å². The average Bonchev–Trinajstić information content (AvgIpc) is 2.84. The van der Waals surface area contributed by atoms with Gasteiger partial charge in [-0.05, 0) is 28.7 Å². The Hall–Kier alpha value is -1.91. The lowest BCUT2D eigenvalue weighted by molar-refractivity contribution is -0.122. The Morgan fingerprint density at radius 3 is 2.38 bits per heavy atom. The Morgan fingerprint density at radius 2 is 1.75 bits per heavy atom. The predicted octanol–water partition coefficient (Wildman–Crippen LogP) is 5.21. The minimum atomic E-state index is -0.0122. The molecule has 3 rings (SSSR count). The standard InChI is InChI=1S/C20H19NOS2/c1-14(2)17-10-8-15(9-11-17)12-18-19(22)21(20(23)24-18)13-16-6-4-3-5-7-16/h3-12,14H,13H2,1-2H3/b18-12-. The van der Waals surface area contributed by atoms with Gasteiger partial charge in [-0.3, -0.25) is 9.69 Å². The van der Waals surface area contributed by atoms with Crippen molar-refractivity contribution < 1.29 is 4.79 Å². The van der Waals surface area contributed by atoms with Gasteiger partial charge in [-0.2, -0.15) is 0 Å². The highest BCUT2D eigenvalue weighted by molar-refractivity contribution is 8.26. The SMILES string of the molecule is CC(C)c1ccc(/C=C2\SC(=S)N(Cc3ccccc3)C2=O)cc1. The summed E-state index contributed by atoms with van der Waals surface area (Å²) in [6.07, 6.45) is 1.92. The summed E-state index contributed by atoms with van der Waals surface area (Å²) in [5, 5.41) is 0. The summed E-state index contributed by atoms with van der Waals surface area (Å²) in [4.78, 5) is 15.0. The van der Waals surface area contributed by atoms with E-state index in [0.29, 0.717) is 21.7 Å². The zero-order valence-corrected chi connectivity index (χ0v) is 15.4. The Bertz CT molecular complexity index is 779. The summed E-state index contributed by atoms with van der Waals surface area (Å²) in [5.41, 5.74) is 3.40. The minimum absolute atomic E-state index is 0.0122. The Balaban J connectivity index is 1.78. The van der Waals surface area contributed by atoms with Gasteiger partial charge in [-0.1, -0.05) is 92.4 Å². The molecule has 0 aromatic heterocycles. The van der Waals surface area contributed by atoms with E-state index in [0.717, 1.165) is 11.1 Å². The molecule has 1 amide bonds. The molecule has 0 radical (unpaired) electrons. The molecule has 0 N–H and O–H groups in total. The third kappa shape index (κ3) is 3.77. The third-order valence-electron chi connectivity index (χ3n) is 3.96. The van der Waals surface area contributed by atoms with Crippen LogP contribution in [0.3, 0.4) is 0 Å². The second-order valence-electron chi connectivity index (χ2n) is 6.07. The lowest BCUT2D eigenvalue weighted by atomic mass is 10.0. The molecule has 1 saturated heterocycles. The van der Waals surface area contributed by atoms with E-state index in [1.165, 1.54) is 17.3 Å². The summed E-state index contributed by atoms with van der Waals surface area (Å²) in [6, 6.07) is 18.3. The first-order valence-electron chi connectivity index (χ1n) is 7.94. The minimum Gasteiger partial charge on any atom is -0.288 e. The number of benzene rings is 2. The van der Waals surface area contributed by atoms with Crippen LogP contribution in [-0.2, 0) is 11.3 Å². The molecule has 1 aliphatic heterocycles. The fourth-order valence-electron chi connectivity index (χ4n) is 2.53. The average molecular weight is 354 g/mol. The first-order valence-corrected chi connectivity index (χ1v) is 9.16. The van der Waals surface area contributed by atoms with Crippen LogP contribution in [-0.4, -0.2) is 15.1 Å². The number of hydrogen-bond donors (Lipinski definition) is 0. The normalized spacial score (nSPS) is 16.5. The summed E-state index contributed by atoms with van der Waals surface area (Å²) < 4.78 is 0.619. The number of amides is 1. The van der Waals surface area contributed by atoms with Crippen molar-refractivity contribution >= 4 is 40.3 Å². The van der Waals surface area contributed by atoms with Crippen molar-refractivity contribution in [3.8, 4) is 0 Å². The molecule has 122 valence electrons. The van der Waals surface area contributed by atoms with E-state index in [-0.39, 0.29) is 5.91 Å². The van der Waals surface area contributed by atoms with Gasteiger partial charge in [-0.25, -0.2) is 0 Å². The van der Waals surface area contributed by atoms with Crippen molar-refractivity contribution in [1.82, 2.24) is 4.90 Å². The molecule has 24 heavy (non-hydrogen) atoms. The van der Waals surface area contributed by atoms with Crippen LogP contribution in [0.4, 0.5) is 0 Å². The molecule has 0 spiro atoms. The fraction of sp³-hybridized carbons (Fsp3) is 0.200. The Kier molecular flexibility index (Phi) is 5.17. The van der Waals surface area contributed by atoms with Crippen LogP contribution in [0.1, 0.15) is 36.5 Å². The number of carbonyl (C=O) groups is 1. The van der Waals surface area contributed by atoms with Crippen LogP contribution in [0.2, 0.25) is 0 Å². The predicted molar refractivity (Wildman–Crippen MR) is 106 cm³/mol. The van der Waals surface area contributed by atoms with E-state index in [1.54, 1.807) is 4.90 Å². The van der Waals surface area contributed by atoms with Crippen molar-refractivity contribution in [2.45, 2.75) is 26.3 Å². The van der Waals surface area contributed by atoms with Crippen molar-refractivity contribution in [2.75, 3.05) is 0 Å². The highest BCUT2D eigenvalue weighted by Gasteiger charge is 2.31. The van der Waals surface area contributed by atoms with Gasteiger partial charge < -0.3 is 0 Å². The lowest BCUT2D eigenvalue weighted by Crippen LogP contribution is -2.27. The van der Waals surface area contributed by atoms with Gasteiger partial charge >= 0.3 is 0 Å². The molecule has 0 bridgehead atoms. The highest BCUT2D eigenvalue weighted by atomic mass is 32.2. The Labute approximate surface area is 152 Å². The molecule has 1 fully saturated rings. The van der Waals surface area contributed by atoms with Gasteiger partial charge in [0.15, 0.2) is 0 Å². The second-order valence-corrected chi connectivity index (χ2v) is 7.75. The zero-order valence-electron chi connectivity index (χ0n) is 13.7. The van der Waals surface area contributed by atoms with E-state index >= 15 is 0 Å². The quantitative estimate of drug-likeness (QED) is 0.556. The van der Waals surface area contributed by atoms with E-state index in [4.69, 9.17) is 12.2 Å². The first-order chi connectivity index (χ1) is 11.5. The summed E-state index contributed by atoms with van der Waals surface area (Å²) in [5.74, 6) is 0.491. The van der Waals surface area contributed by atoms with Crippen LogP contribution < -0.4 is 0 Å².